The molecule has 0 aliphatic carbocycles. The summed E-state index contributed by atoms with van der Waals surface area (Å²) < 4.78 is 0. The van der Waals surface area contributed by atoms with Crippen LogP contribution in [0.25, 0.3) is 54.8 Å². The van der Waals surface area contributed by atoms with Crippen molar-refractivity contribution in [2.24, 2.45) is 0 Å². The molecule has 7 heteroatoms. The molecule has 0 bridgehead atoms. The van der Waals surface area contributed by atoms with E-state index in [1.54, 1.807) is 11.3 Å². The van der Waals surface area contributed by atoms with Crippen LogP contribution >= 0.6 is 11.3 Å². The van der Waals surface area contributed by atoms with Crippen LogP contribution in [0.5, 0.6) is 0 Å². The van der Waals surface area contributed by atoms with Crippen LogP contribution in [0, 0.1) is 0 Å². The molecule has 6 nitrogen and oxygen atoms in total. The van der Waals surface area contributed by atoms with E-state index in [9.17, 15) is 0 Å². The lowest BCUT2D eigenvalue weighted by Gasteiger charge is -2.06. The first-order valence-electron chi connectivity index (χ1n) is 12.3. The molecule has 0 saturated heterocycles. The fraction of sp³-hybridized carbons (Fsp3) is 0.167. The van der Waals surface area contributed by atoms with Crippen molar-refractivity contribution in [2.75, 3.05) is 13.1 Å². The molecule has 0 atom stereocenters. The lowest BCUT2D eigenvalue weighted by molar-refractivity contribution is 0.785. The Morgan fingerprint density at radius 1 is 1.14 bits per heavy atom. The van der Waals surface area contributed by atoms with Gasteiger partial charge in [0.25, 0.3) is 0 Å². The normalized spacial score (nSPS) is 12.5. The number of fused-ring (bicyclic) bond motifs is 2. The molecule has 3 N–H and O–H groups in total. The van der Waals surface area contributed by atoms with Crippen LogP contribution in [-0.4, -0.2) is 38.2 Å². The maximum atomic E-state index is 4.70. The molecular weight excluding hydrogens is 476 g/mol. The Hall–Kier alpha value is -4.07. The van der Waals surface area contributed by atoms with E-state index in [2.05, 4.69) is 82.0 Å². The lowest BCUT2D eigenvalue weighted by Crippen LogP contribution is -2.15. The van der Waals surface area contributed by atoms with Crippen LogP contribution < -0.4 is 5.32 Å². The second-order valence-electron chi connectivity index (χ2n) is 8.91. The Bertz CT molecular complexity index is 1680. The number of nitrogens with zero attached hydrogens (tertiary/aromatic N) is 3. The summed E-state index contributed by atoms with van der Waals surface area (Å²) in [5.74, 6) is 0. The van der Waals surface area contributed by atoms with E-state index >= 15 is 0 Å². The van der Waals surface area contributed by atoms with Gasteiger partial charge in [0.15, 0.2) is 0 Å². The van der Waals surface area contributed by atoms with E-state index in [0.717, 1.165) is 74.3 Å². The smallest absolute Gasteiger partial charge is 0.116 e. The van der Waals surface area contributed by atoms with Gasteiger partial charge in [-0.1, -0.05) is 32.2 Å². The maximum absolute atomic E-state index is 4.70. The van der Waals surface area contributed by atoms with Crippen LogP contribution in [-0.2, 0) is 0 Å². The number of likely N-dealkylation sites (N-methyl/N-ethyl adjacent to an activating group) is 1. The van der Waals surface area contributed by atoms with Crippen molar-refractivity contribution in [1.82, 2.24) is 30.5 Å². The van der Waals surface area contributed by atoms with Crippen molar-refractivity contribution in [3.05, 3.63) is 90.4 Å². The number of H-pyrrole nitrogens is 2. The summed E-state index contributed by atoms with van der Waals surface area (Å²) in [5, 5.41) is 13.3. The van der Waals surface area contributed by atoms with Gasteiger partial charge in [-0.05, 0) is 67.5 Å². The second-order valence-corrected chi connectivity index (χ2v) is 9.99. The van der Waals surface area contributed by atoms with Gasteiger partial charge >= 0.3 is 0 Å². The van der Waals surface area contributed by atoms with Crippen LogP contribution in [0.15, 0.2) is 79.8 Å². The van der Waals surface area contributed by atoms with Crippen LogP contribution in [0.2, 0.25) is 0 Å². The van der Waals surface area contributed by atoms with Gasteiger partial charge in [0.05, 0.1) is 34.8 Å². The van der Waals surface area contributed by atoms with E-state index in [-0.39, 0.29) is 0 Å². The Kier molecular flexibility index (Phi) is 6.99. The summed E-state index contributed by atoms with van der Waals surface area (Å²) in [7, 11) is 0. The van der Waals surface area contributed by atoms with Gasteiger partial charge < -0.3 is 10.3 Å². The summed E-state index contributed by atoms with van der Waals surface area (Å²) in [5.41, 5.74) is 8.84. The Balaban J connectivity index is 1.57. The molecule has 0 aliphatic rings. The average Bonchev–Trinajstić information content (AvgIpc) is 3.66. The SMILES string of the molecule is C=C/C(=C\C(=C/C)c1cc2c(-c3cc4c(-c5ccc(C(=C)C)s5)cncc4[nH]3)n[nH]c2cn1)CNCC. The zero-order chi connectivity index (χ0) is 25.9. The highest BCUT2D eigenvalue weighted by Crippen LogP contribution is 2.37. The Morgan fingerprint density at radius 3 is 2.73 bits per heavy atom. The van der Waals surface area contributed by atoms with Gasteiger partial charge in [-0.15, -0.1) is 11.3 Å². The number of hydrogen-bond acceptors (Lipinski definition) is 5. The van der Waals surface area contributed by atoms with E-state index in [1.165, 1.54) is 9.75 Å². The monoisotopic (exact) mass is 506 g/mol. The van der Waals surface area contributed by atoms with Gasteiger partial charge in [-0.25, -0.2) is 0 Å². The summed E-state index contributed by atoms with van der Waals surface area (Å²) in [4.78, 5) is 15.1. The molecule has 0 saturated carbocycles. The van der Waals surface area contributed by atoms with Gasteiger partial charge in [0, 0.05) is 38.8 Å². The molecule has 186 valence electrons. The first kappa shape index (κ1) is 24.6. The lowest BCUT2D eigenvalue weighted by atomic mass is 10.0. The Morgan fingerprint density at radius 2 is 2.00 bits per heavy atom. The van der Waals surface area contributed by atoms with Crippen LogP contribution in [0.1, 0.15) is 31.3 Å². The average molecular weight is 507 g/mol. The van der Waals surface area contributed by atoms with Crippen molar-refractivity contribution >= 4 is 44.3 Å². The van der Waals surface area contributed by atoms with Crippen LogP contribution in [0.4, 0.5) is 0 Å². The molecule has 0 fully saturated rings. The third kappa shape index (κ3) is 4.83. The molecule has 5 aromatic rings. The second kappa shape index (κ2) is 10.5. The molecule has 0 aromatic carbocycles. The predicted molar refractivity (Wildman–Crippen MR) is 157 cm³/mol. The Labute approximate surface area is 220 Å². The number of aromatic amines is 2. The fourth-order valence-corrected chi connectivity index (χ4v) is 5.28. The molecule has 5 heterocycles. The number of thiophene rings is 1. The first-order valence-corrected chi connectivity index (χ1v) is 13.1. The zero-order valence-electron chi connectivity index (χ0n) is 21.4. The molecule has 0 spiro atoms. The van der Waals surface area contributed by atoms with Crippen molar-refractivity contribution in [2.45, 2.75) is 20.8 Å². The maximum Gasteiger partial charge on any atom is 0.116 e. The summed E-state index contributed by atoms with van der Waals surface area (Å²) >= 11 is 1.73. The summed E-state index contributed by atoms with van der Waals surface area (Å²) in [6.07, 6.45) is 11.7. The molecule has 37 heavy (non-hydrogen) atoms. The van der Waals surface area contributed by atoms with E-state index < -0.39 is 0 Å². The topological polar surface area (TPSA) is 82.3 Å². The van der Waals surface area contributed by atoms with Crippen molar-refractivity contribution < 1.29 is 0 Å². The molecule has 0 amide bonds. The van der Waals surface area contributed by atoms with E-state index in [0.29, 0.717) is 0 Å². The van der Waals surface area contributed by atoms with Crippen LogP contribution in [0.3, 0.4) is 0 Å². The molecule has 0 radical (unpaired) electrons. The number of allylic oxidation sites excluding steroid dienone is 4. The number of rotatable bonds is 9. The van der Waals surface area contributed by atoms with E-state index in [4.69, 9.17) is 4.98 Å². The van der Waals surface area contributed by atoms with Crippen molar-refractivity contribution in [3.8, 4) is 21.8 Å². The highest BCUT2D eigenvalue weighted by Gasteiger charge is 2.16. The summed E-state index contributed by atoms with van der Waals surface area (Å²) in [6.45, 7) is 15.9. The third-order valence-electron chi connectivity index (χ3n) is 6.33. The van der Waals surface area contributed by atoms with Gasteiger partial charge in [-0.2, -0.15) is 5.10 Å². The number of nitrogens with one attached hydrogen (secondary N) is 3. The highest BCUT2D eigenvalue weighted by atomic mass is 32.1. The number of aromatic nitrogens is 5. The molecule has 5 rings (SSSR count). The largest absolute Gasteiger partial charge is 0.352 e. The van der Waals surface area contributed by atoms with E-state index in [1.807, 2.05) is 38.5 Å². The van der Waals surface area contributed by atoms with Crippen molar-refractivity contribution in [3.63, 3.8) is 0 Å². The molecule has 5 aromatic heterocycles. The summed E-state index contributed by atoms with van der Waals surface area (Å²) in [6, 6.07) is 8.51. The number of hydrogen-bond donors (Lipinski definition) is 3. The quantitative estimate of drug-likeness (QED) is 0.182. The zero-order valence-corrected chi connectivity index (χ0v) is 22.2. The third-order valence-corrected chi connectivity index (χ3v) is 7.61. The minimum absolute atomic E-state index is 0.764. The molecular formula is C30H30N6S. The van der Waals surface area contributed by atoms with Gasteiger partial charge in [0.1, 0.15) is 5.69 Å². The molecule has 0 unspecified atom stereocenters. The number of pyridine rings is 2. The highest BCUT2D eigenvalue weighted by molar-refractivity contribution is 7.16. The van der Waals surface area contributed by atoms with Gasteiger partial charge in [-0.3, -0.25) is 15.1 Å². The predicted octanol–water partition coefficient (Wildman–Crippen LogP) is 7.39. The fourth-order valence-electron chi connectivity index (χ4n) is 4.32. The van der Waals surface area contributed by atoms with Crippen molar-refractivity contribution in [1.29, 1.82) is 0 Å². The minimum Gasteiger partial charge on any atom is -0.352 e. The van der Waals surface area contributed by atoms with Gasteiger partial charge in [0.2, 0.25) is 0 Å². The minimum atomic E-state index is 0.764. The molecule has 0 aliphatic heterocycles. The first-order chi connectivity index (χ1) is 18.0. The standard InChI is InChI=1S/C30H30N6S/c1-6-19(14-31-8-3)11-20(7-2)24-13-22-27(17-33-24)35-36-30(22)25-12-21-23(15-32-16-26(21)34-25)29-10-9-28(37-29)18(4)5/h6-7,9-13,15-17,31,34H,1,4,8,14H2,2-3,5H3,(H,35,36)/b19-11+,20-7+.